The highest BCUT2D eigenvalue weighted by atomic mass is 32.1. The largest absolute Gasteiger partial charge is 0.428 e. The number of hydrogen-bond donors (Lipinski definition) is 1. The van der Waals surface area contributed by atoms with Crippen molar-refractivity contribution in [2.24, 2.45) is 5.73 Å². The first kappa shape index (κ1) is 12.0. The van der Waals surface area contributed by atoms with Crippen molar-refractivity contribution < 1.29 is 9.13 Å². The average molecular weight is 252 g/mol. The van der Waals surface area contributed by atoms with Gasteiger partial charge in [-0.25, -0.2) is 9.37 Å². The third-order valence-corrected chi connectivity index (χ3v) is 3.09. The van der Waals surface area contributed by atoms with Gasteiger partial charge in [0.25, 0.3) is 5.19 Å². The first-order valence-electron chi connectivity index (χ1n) is 5.33. The van der Waals surface area contributed by atoms with Crippen LogP contribution in [0, 0.1) is 5.82 Å². The molecule has 0 aliphatic carbocycles. The summed E-state index contributed by atoms with van der Waals surface area (Å²) in [5.74, 6) is -0.236. The zero-order valence-corrected chi connectivity index (χ0v) is 10.3. The lowest BCUT2D eigenvalue weighted by Gasteiger charge is -2.04. The molecule has 1 aromatic carbocycles. The van der Waals surface area contributed by atoms with Crippen LogP contribution in [-0.2, 0) is 13.0 Å². The number of aryl methyl sites for hydroxylation is 1. The lowest BCUT2D eigenvalue weighted by molar-refractivity contribution is 0.438. The second-order valence-electron chi connectivity index (χ2n) is 3.53. The molecule has 5 heteroatoms. The van der Waals surface area contributed by atoms with Crippen LogP contribution in [0.15, 0.2) is 23.6 Å². The Morgan fingerprint density at radius 2 is 2.29 bits per heavy atom. The van der Waals surface area contributed by atoms with E-state index in [2.05, 4.69) is 4.98 Å². The van der Waals surface area contributed by atoms with Gasteiger partial charge in [0.2, 0.25) is 0 Å². The van der Waals surface area contributed by atoms with Crippen molar-refractivity contribution in [2.45, 2.75) is 19.9 Å². The molecule has 0 amide bonds. The monoisotopic (exact) mass is 252 g/mol. The normalized spacial score (nSPS) is 10.5. The van der Waals surface area contributed by atoms with Crippen molar-refractivity contribution in [1.82, 2.24) is 4.98 Å². The Morgan fingerprint density at radius 3 is 2.88 bits per heavy atom. The van der Waals surface area contributed by atoms with Crippen molar-refractivity contribution in [3.8, 4) is 10.9 Å². The Bertz CT molecular complexity index is 513. The molecule has 2 N–H and O–H groups in total. The Kier molecular flexibility index (Phi) is 3.71. The van der Waals surface area contributed by atoms with E-state index in [4.69, 9.17) is 10.5 Å². The number of ether oxygens (including phenoxy) is 1. The summed E-state index contributed by atoms with van der Waals surface area (Å²) in [5, 5.41) is 2.36. The zero-order chi connectivity index (χ0) is 12.3. The molecular weight excluding hydrogens is 239 g/mol. The van der Waals surface area contributed by atoms with Gasteiger partial charge in [-0.3, -0.25) is 0 Å². The van der Waals surface area contributed by atoms with Gasteiger partial charge in [0.1, 0.15) is 0 Å². The molecular formula is C12H13FN2OS. The number of halogens is 1. The molecule has 0 fully saturated rings. The Balaban J connectivity index is 2.18. The molecule has 90 valence electrons. The van der Waals surface area contributed by atoms with Crippen molar-refractivity contribution in [2.75, 3.05) is 0 Å². The molecule has 0 unspecified atom stereocenters. The molecule has 0 spiro atoms. The lowest BCUT2D eigenvalue weighted by Crippen LogP contribution is -1.97. The number of rotatable bonds is 4. The first-order valence-corrected chi connectivity index (χ1v) is 6.21. The van der Waals surface area contributed by atoms with Crippen LogP contribution in [0.1, 0.15) is 18.2 Å². The van der Waals surface area contributed by atoms with Crippen molar-refractivity contribution in [3.05, 3.63) is 40.7 Å². The predicted octanol–water partition coefficient (Wildman–Crippen LogP) is 3.10. The van der Waals surface area contributed by atoms with Crippen LogP contribution in [0.25, 0.3) is 0 Å². The van der Waals surface area contributed by atoms with E-state index < -0.39 is 5.82 Å². The summed E-state index contributed by atoms with van der Waals surface area (Å²) >= 11 is 1.36. The van der Waals surface area contributed by atoms with Crippen molar-refractivity contribution in [3.63, 3.8) is 0 Å². The van der Waals surface area contributed by atoms with E-state index in [0.717, 1.165) is 17.7 Å². The van der Waals surface area contributed by atoms with E-state index in [0.29, 0.717) is 11.7 Å². The van der Waals surface area contributed by atoms with Crippen LogP contribution >= 0.6 is 11.3 Å². The minimum absolute atomic E-state index is 0.180. The van der Waals surface area contributed by atoms with Crippen LogP contribution in [0.2, 0.25) is 0 Å². The molecule has 3 nitrogen and oxygen atoms in total. The predicted molar refractivity (Wildman–Crippen MR) is 65.9 cm³/mol. The van der Waals surface area contributed by atoms with Crippen LogP contribution in [-0.4, -0.2) is 4.98 Å². The molecule has 2 aromatic rings. The van der Waals surface area contributed by atoms with Crippen LogP contribution in [0.5, 0.6) is 10.9 Å². The second kappa shape index (κ2) is 5.25. The molecule has 0 aliphatic heterocycles. The van der Waals surface area contributed by atoms with Gasteiger partial charge in [0.15, 0.2) is 11.6 Å². The molecule has 0 saturated heterocycles. The minimum Gasteiger partial charge on any atom is -0.428 e. The summed E-state index contributed by atoms with van der Waals surface area (Å²) in [6.45, 7) is 2.32. The molecule has 1 aromatic heterocycles. The molecule has 2 rings (SSSR count). The van der Waals surface area contributed by atoms with Gasteiger partial charge in [-0.2, -0.15) is 0 Å². The summed E-state index contributed by atoms with van der Waals surface area (Å²) in [6.07, 6.45) is 0.842. The molecule has 0 bridgehead atoms. The molecule has 0 radical (unpaired) electrons. The van der Waals surface area contributed by atoms with Gasteiger partial charge < -0.3 is 10.5 Å². The fourth-order valence-corrected chi connectivity index (χ4v) is 2.11. The molecule has 17 heavy (non-hydrogen) atoms. The van der Waals surface area contributed by atoms with Gasteiger partial charge in [-0.1, -0.05) is 24.3 Å². The van der Waals surface area contributed by atoms with Crippen LogP contribution in [0.4, 0.5) is 4.39 Å². The van der Waals surface area contributed by atoms with Crippen LogP contribution < -0.4 is 10.5 Å². The summed E-state index contributed by atoms with van der Waals surface area (Å²) in [7, 11) is 0. The van der Waals surface area contributed by atoms with E-state index in [1.807, 2.05) is 12.3 Å². The summed E-state index contributed by atoms with van der Waals surface area (Å²) < 4.78 is 19.0. The maximum absolute atomic E-state index is 13.6. The number of nitrogens with two attached hydrogens (primary N) is 1. The van der Waals surface area contributed by atoms with Crippen molar-refractivity contribution in [1.29, 1.82) is 0 Å². The molecule has 0 atom stereocenters. The average Bonchev–Trinajstić information content (AvgIpc) is 2.79. The molecule has 0 saturated carbocycles. The number of nitrogens with zero attached hydrogens (tertiary/aromatic N) is 1. The highest BCUT2D eigenvalue weighted by molar-refractivity contribution is 7.11. The summed E-state index contributed by atoms with van der Waals surface area (Å²) in [6, 6.07) is 4.70. The molecule has 1 heterocycles. The second-order valence-corrected chi connectivity index (χ2v) is 4.35. The number of thiazole rings is 1. The maximum Gasteiger partial charge on any atom is 0.279 e. The van der Waals surface area contributed by atoms with Gasteiger partial charge in [0.05, 0.1) is 5.69 Å². The zero-order valence-electron chi connectivity index (χ0n) is 9.44. The van der Waals surface area contributed by atoms with Gasteiger partial charge >= 0.3 is 0 Å². The maximum atomic E-state index is 13.6. The van der Waals surface area contributed by atoms with E-state index in [1.54, 1.807) is 12.1 Å². The quantitative estimate of drug-likeness (QED) is 0.909. The van der Waals surface area contributed by atoms with Crippen molar-refractivity contribution >= 4 is 11.3 Å². The number of aromatic nitrogens is 1. The molecule has 0 aliphatic rings. The highest BCUT2D eigenvalue weighted by Crippen LogP contribution is 2.27. The first-order chi connectivity index (χ1) is 8.22. The Morgan fingerprint density at radius 1 is 1.47 bits per heavy atom. The van der Waals surface area contributed by atoms with E-state index in [-0.39, 0.29) is 5.75 Å². The van der Waals surface area contributed by atoms with E-state index in [9.17, 15) is 4.39 Å². The van der Waals surface area contributed by atoms with E-state index >= 15 is 0 Å². The number of hydrogen-bond acceptors (Lipinski definition) is 4. The fraction of sp³-hybridized carbons (Fsp3) is 0.250. The van der Waals surface area contributed by atoms with Gasteiger partial charge in [0, 0.05) is 11.9 Å². The highest BCUT2D eigenvalue weighted by Gasteiger charge is 2.08. The SMILES string of the molecule is CCc1csc(Oc2ccc(CN)cc2F)n1. The van der Waals surface area contributed by atoms with Crippen LogP contribution in [0.3, 0.4) is 0 Å². The summed E-state index contributed by atoms with van der Waals surface area (Å²) in [5.41, 5.74) is 7.11. The third kappa shape index (κ3) is 2.81. The smallest absolute Gasteiger partial charge is 0.279 e. The Labute approximate surface area is 103 Å². The van der Waals surface area contributed by atoms with Gasteiger partial charge in [-0.15, -0.1) is 0 Å². The number of benzene rings is 1. The third-order valence-electron chi connectivity index (χ3n) is 2.32. The topological polar surface area (TPSA) is 48.1 Å². The Hall–Kier alpha value is -1.46. The van der Waals surface area contributed by atoms with Gasteiger partial charge in [-0.05, 0) is 24.1 Å². The lowest BCUT2D eigenvalue weighted by atomic mass is 10.2. The summed E-state index contributed by atoms with van der Waals surface area (Å²) in [4.78, 5) is 4.21. The standard InChI is InChI=1S/C12H13FN2OS/c1-2-9-7-17-12(15-9)16-11-4-3-8(6-14)5-10(11)13/h3-5,7H,2,6,14H2,1H3. The fourth-order valence-electron chi connectivity index (χ4n) is 1.35. The van der Waals surface area contributed by atoms with E-state index in [1.165, 1.54) is 17.4 Å². The minimum atomic E-state index is -0.416.